The number of carbonyl (C=O) groups excluding carboxylic acids is 1. The van der Waals surface area contributed by atoms with Crippen molar-refractivity contribution in [3.63, 3.8) is 0 Å². The van der Waals surface area contributed by atoms with E-state index in [2.05, 4.69) is 33.2 Å². The van der Waals surface area contributed by atoms with Gasteiger partial charge in [-0.3, -0.25) is 5.32 Å². The molecule has 2 atom stereocenters. The summed E-state index contributed by atoms with van der Waals surface area (Å²) >= 11 is 3.28. The molecule has 0 saturated carbocycles. The van der Waals surface area contributed by atoms with Crippen LogP contribution in [-0.4, -0.2) is 36.2 Å². The number of nitrogens with zero attached hydrogens (tertiary/aromatic N) is 1. The maximum atomic E-state index is 13.2. The van der Waals surface area contributed by atoms with E-state index in [1.807, 2.05) is 0 Å². The molecule has 1 amide bonds. The molecule has 0 aliphatic carbocycles. The SMILES string of the molecule is CN1C2CCC1CC(OC(=O)Nc1cc(F)ccc1Br)C2. The summed E-state index contributed by atoms with van der Waals surface area (Å²) in [7, 11) is 2.14. The van der Waals surface area contributed by atoms with E-state index < -0.39 is 11.9 Å². The number of benzene rings is 1. The summed E-state index contributed by atoms with van der Waals surface area (Å²) < 4.78 is 19.3. The predicted molar refractivity (Wildman–Crippen MR) is 81.8 cm³/mol. The minimum absolute atomic E-state index is 0.0500. The first-order chi connectivity index (χ1) is 10.0. The first kappa shape index (κ1) is 14.8. The van der Waals surface area contributed by atoms with Gasteiger partial charge in [0.15, 0.2) is 0 Å². The van der Waals surface area contributed by atoms with E-state index in [4.69, 9.17) is 4.74 Å². The molecule has 1 N–H and O–H groups in total. The zero-order chi connectivity index (χ0) is 15.0. The lowest BCUT2D eigenvalue weighted by Gasteiger charge is -2.35. The van der Waals surface area contributed by atoms with Crippen LogP contribution in [0.5, 0.6) is 0 Å². The fourth-order valence-corrected chi connectivity index (χ4v) is 3.69. The number of halogens is 2. The van der Waals surface area contributed by atoms with E-state index in [0.29, 0.717) is 22.2 Å². The number of ether oxygens (including phenoxy) is 1. The highest BCUT2D eigenvalue weighted by Crippen LogP contribution is 2.35. The van der Waals surface area contributed by atoms with Gasteiger partial charge in [-0.2, -0.15) is 0 Å². The Morgan fingerprint density at radius 3 is 2.71 bits per heavy atom. The number of fused-ring (bicyclic) bond motifs is 2. The Morgan fingerprint density at radius 2 is 2.05 bits per heavy atom. The summed E-state index contributed by atoms with van der Waals surface area (Å²) in [6.07, 6.45) is 3.55. The van der Waals surface area contributed by atoms with Crippen LogP contribution in [0.1, 0.15) is 25.7 Å². The first-order valence-corrected chi connectivity index (χ1v) is 7.97. The second-order valence-corrected chi connectivity index (χ2v) is 6.65. The highest BCUT2D eigenvalue weighted by atomic mass is 79.9. The minimum Gasteiger partial charge on any atom is -0.446 e. The zero-order valence-electron chi connectivity index (χ0n) is 11.8. The van der Waals surface area contributed by atoms with Gasteiger partial charge < -0.3 is 9.64 Å². The molecule has 4 nitrogen and oxygen atoms in total. The number of amides is 1. The molecule has 1 aromatic carbocycles. The maximum absolute atomic E-state index is 13.2. The summed E-state index contributed by atoms with van der Waals surface area (Å²) in [4.78, 5) is 14.4. The van der Waals surface area contributed by atoms with E-state index >= 15 is 0 Å². The van der Waals surface area contributed by atoms with Gasteiger partial charge in [0.2, 0.25) is 0 Å². The van der Waals surface area contributed by atoms with Gasteiger partial charge in [0.25, 0.3) is 0 Å². The third kappa shape index (κ3) is 3.21. The monoisotopic (exact) mass is 356 g/mol. The maximum Gasteiger partial charge on any atom is 0.411 e. The summed E-state index contributed by atoms with van der Waals surface area (Å²) in [5, 5.41) is 2.60. The lowest BCUT2D eigenvalue weighted by atomic mass is 10.0. The van der Waals surface area contributed by atoms with E-state index in [0.717, 1.165) is 12.8 Å². The zero-order valence-corrected chi connectivity index (χ0v) is 13.4. The quantitative estimate of drug-likeness (QED) is 0.876. The van der Waals surface area contributed by atoms with Crippen LogP contribution in [0, 0.1) is 5.82 Å². The van der Waals surface area contributed by atoms with Crippen molar-refractivity contribution in [1.82, 2.24) is 4.90 Å². The number of hydrogen-bond donors (Lipinski definition) is 1. The van der Waals surface area contributed by atoms with Crippen LogP contribution in [0.3, 0.4) is 0 Å². The third-order valence-corrected chi connectivity index (χ3v) is 5.19. The molecule has 0 spiro atoms. The summed E-state index contributed by atoms with van der Waals surface area (Å²) in [6.45, 7) is 0. The normalized spacial score (nSPS) is 28.4. The van der Waals surface area contributed by atoms with Crippen LogP contribution >= 0.6 is 15.9 Å². The number of hydrogen-bond acceptors (Lipinski definition) is 3. The molecule has 0 aromatic heterocycles. The number of anilines is 1. The average Bonchev–Trinajstić information content (AvgIpc) is 2.65. The number of piperidine rings is 1. The summed E-state index contributed by atoms with van der Waals surface area (Å²) in [6, 6.07) is 5.18. The molecule has 2 unspecified atom stereocenters. The molecule has 0 radical (unpaired) electrons. The Labute approximate surface area is 131 Å². The van der Waals surface area contributed by atoms with Gasteiger partial charge in [0.05, 0.1) is 5.69 Å². The van der Waals surface area contributed by atoms with Crippen molar-refractivity contribution >= 4 is 27.7 Å². The Hall–Kier alpha value is -1.14. The Balaban J connectivity index is 1.59. The van der Waals surface area contributed by atoms with Gasteiger partial charge in [0.1, 0.15) is 11.9 Å². The lowest BCUT2D eigenvalue weighted by molar-refractivity contribution is 0.0348. The Morgan fingerprint density at radius 1 is 1.38 bits per heavy atom. The second kappa shape index (κ2) is 5.93. The largest absolute Gasteiger partial charge is 0.446 e. The molecule has 1 aromatic rings. The van der Waals surface area contributed by atoms with Crippen molar-refractivity contribution in [3.05, 3.63) is 28.5 Å². The topological polar surface area (TPSA) is 41.6 Å². The molecule has 2 aliphatic heterocycles. The van der Waals surface area contributed by atoms with Crippen molar-refractivity contribution in [2.24, 2.45) is 0 Å². The van der Waals surface area contributed by atoms with Gasteiger partial charge in [-0.25, -0.2) is 9.18 Å². The van der Waals surface area contributed by atoms with Crippen molar-refractivity contribution in [2.75, 3.05) is 12.4 Å². The molecule has 2 fully saturated rings. The second-order valence-electron chi connectivity index (χ2n) is 5.80. The van der Waals surface area contributed by atoms with Crippen LogP contribution in [0.4, 0.5) is 14.9 Å². The highest BCUT2D eigenvalue weighted by molar-refractivity contribution is 9.10. The van der Waals surface area contributed by atoms with Crippen molar-refractivity contribution < 1.29 is 13.9 Å². The lowest BCUT2D eigenvalue weighted by Crippen LogP contribution is -2.43. The predicted octanol–water partition coefficient (Wildman–Crippen LogP) is 3.76. The van der Waals surface area contributed by atoms with Gasteiger partial charge in [-0.1, -0.05) is 0 Å². The summed E-state index contributed by atoms with van der Waals surface area (Å²) in [5.41, 5.74) is 0.385. The van der Waals surface area contributed by atoms with E-state index in [-0.39, 0.29) is 6.10 Å². The van der Waals surface area contributed by atoms with E-state index in [9.17, 15) is 9.18 Å². The van der Waals surface area contributed by atoms with Gasteiger partial charge in [-0.15, -0.1) is 0 Å². The fourth-order valence-electron chi connectivity index (χ4n) is 3.34. The number of carbonyl (C=O) groups is 1. The average molecular weight is 357 g/mol. The molecule has 2 bridgehead atoms. The van der Waals surface area contributed by atoms with E-state index in [1.54, 1.807) is 6.07 Å². The third-order valence-electron chi connectivity index (χ3n) is 4.49. The van der Waals surface area contributed by atoms with Crippen LogP contribution in [0.2, 0.25) is 0 Å². The molecular formula is C15H18BrFN2O2. The van der Waals surface area contributed by atoms with E-state index in [1.165, 1.54) is 25.0 Å². The molecule has 21 heavy (non-hydrogen) atoms. The van der Waals surface area contributed by atoms with Crippen LogP contribution in [0.15, 0.2) is 22.7 Å². The van der Waals surface area contributed by atoms with Crippen molar-refractivity contribution in [1.29, 1.82) is 0 Å². The van der Waals surface area contributed by atoms with Gasteiger partial charge >= 0.3 is 6.09 Å². The molecule has 3 rings (SSSR count). The molecule has 6 heteroatoms. The molecule has 2 saturated heterocycles. The number of nitrogens with one attached hydrogen (secondary N) is 1. The van der Waals surface area contributed by atoms with Crippen LogP contribution in [-0.2, 0) is 4.74 Å². The molecule has 114 valence electrons. The number of rotatable bonds is 2. The highest BCUT2D eigenvalue weighted by Gasteiger charge is 2.39. The molecule has 2 aliphatic rings. The molecular weight excluding hydrogens is 339 g/mol. The smallest absolute Gasteiger partial charge is 0.411 e. The Kier molecular flexibility index (Phi) is 4.17. The van der Waals surface area contributed by atoms with Gasteiger partial charge in [-0.05, 0) is 54.0 Å². The van der Waals surface area contributed by atoms with Crippen molar-refractivity contribution in [3.8, 4) is 0 Å². The fraction of sp³-hybridized carbons (Fsp3) is 0.533. The van der Waals surface area contributed by atoms with Crippen LogP contribution < -0.4 is 5.32 Å². The molecule has 2 heterocycles. The Bertz CT molecular complexity index is 540. The van der Waals surface area contributed by atoms with Crippen molar-refractivity contribution in [2.45, 2.75) is 43.9 Å². The first-order valence-electron chi connectivity index (χ1n) is 7.17. The van der Waals surface area contributed by atoms with Crippen LogP contribution in [0.25, 0.3) is 0 Å². The standard InChI is InChI=1S/C15H18BrFN2O2/c1-19-10-3-4-11(19)8-12(7-10)21-15(20)18-14-6-9(17)2-5-13(14)16/h2,5-6,10-12H,3-4,7-8H2,1H3,(H,18,20). The summed E-state index contributed by atoms with van der Waals surface area (Å²) in [5.74, 6) is -0.397. The minimum atomic E-state index is -0.518. The van der Waals surface area contributed by atoms with Gasteiger partial charge in [0, 0.05) is 29.4 Å².